The summed E-state index contributed by atoms with van der Waals surface area (Å²) in [5, 5.41) is 7.52. The van der Waals surface area contributed by atoms with Gasteiger partial charge in [-0.15, -0.1) is 0 Å². The molecule has 0 radical (unpaired) electrons. The molecule has 2 heterocycles. The number of rotatable bonds is 6. The van der Waals surface area contributed by atoms with Crippen molar-refractivity contribution in [2.75, 3.05) is 19.6 Å². The summed E-state index contributed by atoms with van der Waals surface area (Å²) >= 11 is 1.73. The van der Waals surface area contributed by atoms with Gasteiger partial charge in [0.15, 0.2) is 0 Å². The lowest BCUT2D eigenvalue weighted by atomic mass is 10.1. The fraction of sp³-hybridized carbons (Fsp3) is 0.476. The minimum atomic E-state index is 0.0257. The van der Waals surface area contributed by atoms with E-state index in [1.807, 2.05) is 24.3 Å². The molecule has 2 aromatic rings. The van der Waals surface area contributed by atoms with E-state index in [0.717, 1.165) is 25.1 Å². The average Bonchev–Trinajstić information content (AvgIpc) is 3.05. The monoisotopic (exact) mass is 356 g/mol. The minimum Gasteiger partial charge on any atom is -0.350 e. The Morgan fingerprint density at radius 3 is 2.44 bits per heavy atom. The van der Waals surface area contributed by atoms with Gasteiger partial charge in [-0.2, -0.15) is 11.3 Å². The third kappa shape index (κ3) is 4.93. The maximum absolute atomic E-state index is 12.5. The van der Waals surface area contributed by atoms with Gasteiger partial charge in [-0.1, -0.05) is 31.9 Å². The Labute approximate surface area is 155 Å². The Morgan fingerprint density at radius 2 is 1.84 bits per heavy atom. The first-order valence-corrected chi connectivity index (χ1v) is 10.4. The average molecular weight is 357 g/mol. The molecule has 1 aliphatic heterocycles. The van der Waals surface area contributed by atoms with Crippen LogP contribution in [-0.4, -0.2) is 30.4 Å². The molecular formula is C21H28N2OS. The van der Waals surface area contributed by atoms with Gasteiger partial charge >= 0.3 is 0 Å². The molecule has 0 saturated carbocycles. The number of hydrogen-bond acceptors (Lipinski definition) is 3. The van der Waals surface area contributed by atoms with E-state index in [1.165, 1.54) is 36.8 Å². The normalized spacial score (nSPS) is 17.0. The Balaban J connectivity index is 1.66. The van der Waals surface area contributed by atoms with E-state index in [-0.39, 0.29) is 11.9 Å². The van der Waals surface area contributed by atoms with Crippen molar-refractivity contribution in [2.24, 2.45) is 0 Å². The molecule has 1 aromatic heterocycles. The highest BCUT2D eigenvalue weighted by Gasteiger charge is 2.22. The van der Waals surface area contributed by atoms with Crippen LogP contribution in [0.4, 0.5) is 0 Å². The predicted molar refractivity (Wildman–Crippen MR) is 105 cm³/mol. The van der Waals surface area contributed by atoms with Crippen molar-refractivity contribution in [1.82, 2.24) is 10.2 Å². The molecule has 1 unspecified atom stereocenters. The van der Waals surface area contributed by atoms with Crippen molar-refractivity contribution in [2.45, 2.75) is 45.1 Å². The topological polar surface area (TPSA) is 32.3 Å². The molecule has 1 N–H and O–H groups in total. The number of carbonyl (C=O) groups excluding carboxylic acids is 1. The molecule has 1 amide bonds. The Morgan fingerprint density at radius 1 is 1.12 bits per heavy atom. The van der Waals surface area contributed by atoms with Gasteiger partial charge < -0.3 is 5.32 Å². The van der Waals surface area contributed by atoms with Crippen LogP contribution >= 0.6 is 11.3 Å². The Bertz CT molecular complexity index is 643. The molecule has 1 aliphatic rings. The summed E-state index contributed by atoms with van der Waals surface area (Å²) in [5.41, 5.74) is 3.34. The molecule has 1 saturated heterocycles. The summed E-state index contributed by atoms with van der Waals surface area (Å²) < 4.78 is 0. The molecule has 134 valence electrons. The van der Waals surface area contributed by atoms with Gasteiger partial charge in [0.2, 0.25) is 0 Å². The largest absolute Gasteiger partial charge is 0.350 e. The van der Waals surface area contributed by atoms with Gasteiger partial charge in [-0.25, -0.2) is 0 Å². The van der Waals surface area contributed by atoms with Crippen molar-refractivity contribution >= 4 is 17.2 Å². The smallest absolute Gasteiger partial charge is 0.251 e. The number of amides is 1. The third-order valence-corrected chi connectivity index (χ3v) is 5.79. The second-order valence-electron chi connectivity index (χ2n) is 6.78. The number of nitrogens with zero attached hydrogens (tertiary/aromatic N) is 1. The first-order chi connectivity index (χ1) is 12.3. The fourth-order valence-electron chi connectivity index (χ4n) is 3.51. The van der Waals surface area contributed by atoms with Crippen molar-refractivity contribution in [1.29, 1.82) is 0 Å². The van der Waals surface area contributed by atoms with Crippen molar-refractivity contribution in [3.63, 3.8) is 0 Å². The lowest BCUT2D eigenvalue weighted by Gasteiger charge is -2.30. The zero-order chi connectivity index (χ0) is 17.5. The standard InChI is InChI=1S/C21H28N2OS/c1-2-17-7-9-18(10-8-17)21(24)22-15-20(19-11-14-25-16-19)23-12-5-3-4-6-13-23/h7-11,14,16,20H,2-6,12-13,15H2,1H3,(H,22,24). The quantitative estimate of drug-likeness (QED) is 0.816. The molecule has 1 atom stereocenters. The summed E-state index contributed by atoms with van der Waals surface area (Å²) in [6.45, 7) is 5.05. The van der Waals surface area contributed by atoms with E-state index in [2.05, 4.69) is 34.0 Å². The van der Waals surface area contributed by atoms with Crippen molar-refractivity contribution in [3.8, 4) is 0 Å². The summed E-state index contributed by atoms with van der Waals surface area (Å²) in [6.07, 6.45) is 6.16. The van der Waals surface area contributed by atoms with Crippen LogP contribution in [0.15, 0.2) is 41.1 Å². The predicted octanol–water partition coefficient (Wildman–Crippen LogP) is 4.66. The van der Waals surface area contributed by atoms with Crippen LogP contribution in [0.3, 0.4) is 0 Å². The summed E-state index contributed by atoms with van der Waals surface area (Å²) in [5.74, 6) is 0.0257. The number of thiophene rings is 1. The first-order valence-electron chi connectivity index (χ1n) is 9.41. The van der Waals surface area contributed by atoms with Crippen molar-refractivity contribution in [3.05, 3.63) is 57.8 Å². The highest BCUT2D eigenvalue weighted by atomic mass is 32.1. The fourth-order valence-corrected chi connectivity index (χ4v) is 4.22. The highest BCUT2D eigenvalue weighted by Crippen LogP contribution is 2.25. The van der Waals surface area contributed by atoms with E-state index >= 15 is 0 Å². The zero-order valence-corrected chi connectivity index (χ0v) is 15.9. The van der Waals surface area contributed by atoms with Crippen LogP contribution in [0.5, 0.6) is 0 Å². The first kappa shape index (κ1) is 18.2. The number of nitrogens with one attached hydrogen (secondary N) is 1. The number of aryl methyl sites for hydroxylation is 1. The van der Waals surface area contributed by atoms with Crippen LogP contribution in [0.2, 0.25) is 0 Å². The van der Waals surface area contributed by atoms with Gasteiger partial charge in [0.1, 0.15) is 0 Å². The molecular weight excluding hydrogens is 328 g/mol. The summed E-state index contributed by atoms with van der Waals surface area (Å²) in [7, 11) is 0. The van der Waals surface area contributed by atoms with Crippen LogP contribution in [0, 0.1) is 0 Å². The molecule has 0 spiro atoms. The lowest BCUT2D eigenvalue weighted by Crippen LogP contribution is -2.38. The van der Waals surface area contributed by atoms with Gasteiger partial charge in [-0.05, 0) is 72.4 Å². The van der Waals surface area contributed by atoms with Gasteiger partial charge in [-0.3, -0.25) is 9.69 Å². The van der Waals surface area contributed by atoms with Crippen molar-refractivity contribution < 1.29 is 4.79 Å². The number of hydrogen-bond donors (Lipinski definition) is 1. The van der Waals surface area contributed by atoms with Crippen LogP contribution in [0.25, 0.3) is 0 Å². The maximum atomic E-state index is 12.5. The van der Waals surface area contributed by atoms with Gasteiger partial charge in [0.25, 0.3) is 5.91 Å². The maximum Gasteiger partial charge on any atom is 0.251 e. The third-order valence-electron chi connectivity index (χ3n) is 5.09. The van der Waals surface area contributed by atoms with Gasteiger partial charge in [0, 0.05) is 12.1 Å². The van der Waals surface area contributed by atoms with Crippen LogP contribution < -0.4 is 5.32 Å². The second-order valence-corrected chi connectivity index (χ2v) is 7.56. The minimum absolute atomic E-state index is 0.0257. The van der Waals surface area contributed by atoms with E-state index in [4.69, 9.17) is 0 Å². The van der Waals surface area contributed by atoms with Crippen LogP contribution in [-0.2, 0) is 6.42 Å². The molecule has 3 rings (SSSR count). The van der Waals surface area contributed by atoms with Gasteiger partial charge in [0.05, 0.1) is 6.04 Å². The lowest BCUT2D eigenvalue weighted by molar-refractivity contribution is 0.0933. The SMILES string of the molecule is CCc1ccc(C(=O)NCC(c2ccsc2)N2CCCCCC2)cc1. The molecule has 1 fully saturated rings. The Hall–Kier alpha value is -1.65. The molecule has 3 nitrogen and oxygen atoms in total. The highest BCUT2D eigenvalue weighted by molar-refractivity contribution is 7.07. The van der Waals surface area contributed by atoms with E-state index in [0.29, 0.717) is 6.54 Å². The molecule has 25 heavy (non-hydrogen) atoms. The molecule has 4 heteroatoms. The van der Waals surface area contributed by atoms with Crippen LogP contribution in [0.1, 0.15) is 60.1 Å². The van der Waals surface area contributed by atoms with E-state index < -0.39 is 0 Å². The molecule has 0 aliphatic carbocycles. The number of likely N-dealkylation sites (tertiary alicyclic amines) is 1. The van der Waals surface area contributed by atoms with E-state index in [9.17, 15) is 4.79 Å². The number of carbonyl (C=O) groups is 1. The molecule has 1 aromatic carbocycles. The number of benzene rings is 1. The Kier molecular flexibility index (Phi) is 6.65. The summed E-state index contributed by atoms with van der Waals surface area (Å²) in [4.78, 5) is 15.1. The zero-order valence-electron chi connectivity index (χ0n) is 15.0. The second kappa shape index (κ2) is 9.16. The van der Waals surface area contributed by atoms with E-state index in [1.54, 1.807) is 11.3 Å². The molecule has 0 bridgehead atoms. The summed E-state index contributed by atoms with van der Waals surface area (Å²) in [6, 6.07) is 10.4.